The van der Waals surface area contributed by atoms with Crippen LogP contribution >= 0.6 is 0 Å². The molecule has 0 unspecified atom stereocenters. The first-order valence-electron chi connectivity index (χ1n) is 22.4. The minimum Gasteiger partial charge on any atom is -0.243 e. The molecule has 6 heteroatoms. The first kappa shape index (κ1) is 38.7. The smallest absolute Gasteiger partial charge is 0.143 e. The highest BCUT2D eigenvalue weighted by Gasteiger charge is 2.45. The zero-order chi connectivity index (χ0) is 37.0. The van der Waals surface area contributed by atoms with E-state index in [4.69, 9.17) is 9.26 Å². The number of benzene rings is 3. The van der Waals surface area contributed by atoms with Crippen LogP contribution in [0.4, 0.5) is 0 Å². The molecule has 0 saturated heterocycles. The topological polar surface area (TPSA) is 77.8 Å². The van der Waals surface area contributed by atoms with Gasteiger partial charge in [0.05, 0.1) is 0 Å². The van der Waals surface area contributed by atoms with Crippen LogP contribution in [0.2, 0.25) is 0 Å². The molecule has 0 fully saturated rings. The van der Waals surface area contributed by atoms with Crippen molar-refractivity contribution in [1.82, 2.24) is 20.6 Å². The number of hydrogen-bond acceptors (Lipinski definition) is 6. The molecule has 2 heterocycles. The first-order chi connectivity index (χ1) is 26.7. The highest BCUT2D eigenvalue weighted by molar-refractivity contribution is 6.02. The molecular weight excluding hydrogens is 665 g/mol. The van der Waals surface area contributed by atoms with E-state index < -0.39 is 0 Å². The maximum atomic E-state index is 5.39. The van der Waals surface area contributed by atoms with Crippen LogP contribution in [0, 0.1) is 0 Å². The molecule has 54 heavy (non-hydrogen) atoms. The van der Waals surface area contributed by atoms with E-state index in [1.165, 1.54) is 211 Å². The predicted molar refractivity (Wildman–Crippen MR) is 223 cm³/mol. The van der Waals surface area contributed by atoms with Crippen LogP contribution in [0.1, 0.15) is 203 Å². The number of unbranched alkanes of at least 4 members (excludes halogenated alkanes) is 22. The van der Waals surface area contributed by atoms with Crippen LogP contribution < -0.4 is 0 Å². The van der Waals surface area contributed by atoms with Crippen LogP contribution in [0.3, 0.4) is 0 Å². The molecule has 0 amide bonds. The van der Waals surface area contributed by atoms with Gasteiger partial charge in [-0.15, -0.1) is 0 Å². The third-order valence-corrected chi connectivity index (χ3v) is 13.1. The van der Waals surface area contributed by atoms with Gasteiger partial charge in [-0.05, 0) is 97.5 Å². The second-order valence-electron chi connectivity index (χ2n) is 16.9. The summed E-state index contributed by atoms with van der Waals surface area (Å²) >= 11 is 0. The van der Waals surface area contributed by atoms with E-state index in [2.05, 4.69) is 70.9 Å². The second kappa shape index (κ2) is 19.4. The molecule has 3 aromatic carbocycles. The Labute approximate surface area is 324 Å². The number of nitrogens with zero attached hydrogens (tertiary/aromatic N) is 4. The summed E-state index contributed by atoms with van der Waals surface area (Å²) in [5.74, 6) is 0. The maximum Gasteiger partial charge on any atom is 0.143 e. The van der Waals surface area contributed by atoms with Crippen LogP contribution in [0.5, 0.6) is 0 Å². The molecular formula is C48H66N4O2. The van der Waals surface area contributed by atoms with E-state index in [1.54, 1.807) is 0 Å². The molecule has 2 aliphatic rings. The summed E-state index contributed by atoms with van der Waals surface area (Å²) in [6.45, 7) is 4.61. The van der Waals surface area contributed by atoms with Crippen molar-refractivity contribution in [1.29, 1.82) is 0 Å². The van der Waals surface area contributed by atoms with Crippen LogP contribution in [0.15, 0.2) is 45.7 Å². The Kier molecular flexibility index (Phi) is 13.9. The summed E-state index contributed by atoms with van der Waals surface area (Å²) in [7, 11) is 0. The van der Waals surface area contributed by atoms with Gasteiger partial charge in [0.2, 0.25) is 0 Å². The third-order valence-electron chi connectivity index (χ3n) is 13.1. The SMILES string of the molecule is CCCCCCCCCCCCCCC1(CCCCCCCCCCCCCC)c2cc3c(cc2-c2c1ccc1nonc21)Cc1ccc2nonc2c1-3. The molecule has 0 radical (unpaired) electrons. The van der Waals surface area contributed by atoms with E-state index in [0.29, 0.717) is 0 Å². The molecule has 7 rings (SSSR count). The van der Waals surface area contributed by atoms with Gasteiger partial charge < -0.3 is 0 Å². The summed E-state index contributed by atoms with van der Waals surface area (Å²) in [4.78, 5) is 0. The van der Waals surface area contributed by atoms with Crippen molar-refractivity contribution in [2.75, 3.05) is 0 Å². The molecule has 0 atom stereocenters. The minimum absolute atomic E-state index is 0.0530. The zero-order valence-corrected chi connectivity index (χ0v) is 33.7. The molecule has 2 aliphatic carbocycles. The fraction of sp³-hybridized carbons (Fsp3) is 0.625. The van der Waals surface area contributed by atoms with Gasteiger partial charge in [-0.25, -0.2) is 9.26 Å². The van der Waals surface area contributed by atoms with Gasteiger partial charge in [-0.2, -0.15) is 0 Å². The highest BCUT2D eigenvalue weighted by atomic mass is 16.6. The van der Waals surface area contributed by atoms with Crippen molar-refractivity contribution in [3.05, 3.63) is 58.7 Å². The molecule has 2 aromatic heterocycles. The lowest BCUT2D eigenvalue weighted by Gasteiger charge is -2.33. The lowest BCUT2D eigenvalue weighted by atomic mass is 9.70. The molecule has 0 saturated carbocycles. The van der Waals surface area contributed by atoms with Gasteiger partial charge in [0, 0.05) is 16.5 Å². The predicted octanol–water partition coefficient (Wildman–Crippen LogP) is 14.8. The number of aromatic nitrogens is 4. The summed E-state index contributed by atoms with van der Waals surface area (Å²) in [6, 6.07) is 13.8. The van der Waals surface area contributed by atoms with E-state index in [0.717, 1.165) is 28.5 Å². The summed E-state index contributed by atoms with van der Waals surface area (Å²) in [6.07, 6.45) is 36.1. The lowest BCUT2D eigenvalue weighted by molar-refractivity contribution is 0.315. The average molecular weight is 731 g/mol. The molecule has 0 N–H and O–H groups in total. The van der Waals surface area contributed by atoms with Gasteiger partial charge in [-0.1, -0.05) is 180 Å². The molecule has 6 nitrogen and oxygen atoms in total. The zero-order valence-electron chi connectivity index (χ0n) is 33.7. The quantitative estimate of drug-likeness (QED) is 0.0517. The van der Waals surface area contributed by atoms with Crippen molar-refractivity contribution in [2.24, 2.45) is 0 Å². The Morgan fingerprint density at radius 2 is 0.907 bits per heavy atom. The lowest BCUT2D eigenvalue weighted by Crippen LogP contribution is -2.25. The Morgan fingerprint density at radius 1 is 0.444 bits per heavy atom. The third kappa shape index (κ3) is 8.63. The van der Waals surface area contributed by atoms with Crippen LogP contribution in [-0.4, -0.2) is 20.6 Å². The normalized spacial score (nSPS) is 13.9. The van der Waals surface area contributed by atoms with Crippen molar-refractivity contribution in [3.63, 3.8) is 0 Å². The summed E-state index contributed by atoms with van der Waals surface area (Å²) < 4.78 is 10.6. The van der Waals surface area contributed by atoms with Crippen molar-refractivity contribution < 1.29 is 9.26 Å². The van der Waals surface area contributed by atoms with Crippen molar-refractivity contribution >= 4 is 22.1 Å². The fourth-order valence-electron chi connectivity index (χ4n) is 10.0. The van der Waals surface area contributed by atoms with Gasteiger partial charge in [0.15, 0.2) is 0 Å². The van der Waals surface area contributed by atoms with E-state index in [-0.39, 0.29) is 5.41 Å². The van der Waals surface area contributed by atoms with Gasteiger partial charge in [0.25, 0.3) is 0 Å². The van der Waals surface area contributed by atoms with Gasteiger partial charge in [0.1, 0.15) is 22.1 Å². The number of hydrogen-bond donors (Lipinski definition) is 0. The molecule has 290 valence electrons. The average Bonchev–Trinajstić information content (AvgIpc) is 3.99. The van der Waals surface area contributed by atoms with Crippen molar-refractivity contribution in [2.45, 2.75) is 193 Å². The van der Waals surface area contributed by atoms with Crippen molar-refractivity contribution in [3.8, 4) is 22.3 Å². The Morgan fingerprint density at radius 3 is 1.43 bits per heavy atom. The second-order valence-corrected chi connectivity index (χ2v) is 16.9. The highest BCUT2D eigenvalue weighted by Crippen LogP contribution is 2.58. The van der Waals surface area contributed by atoms with Crippen LogP contribution in [0.25, 0.3) is 44.3 Å². The maximum absolute atomic E-state index is 5.39. The molecule has 0 bridgehead atoms. The number of fused-ring (bicyclic) bond motifs is 10. The van der Waals surface area contributed by atoms with E-state index >= 15 is 0 Å². The molecule has 0 spiro atoms. The number of rotatable bonds is 26. The minimum atomic E-state index is -0.0530. The Hall–Kier alpha value is -3.54. The molecule has 0 aliphatic heterocycles. The summed E-state index contributed by atoms with van der Waals surface area (Å²) in [5.41, 5.74) is 14.1. The Balaban J connectivity index is 1.08. The monoisotopic (exact) mass is 731 g/mol. The van der Waals surface area contributed by atoms with Crippen LogP contribution in [-0.2, 0) is 11.8 Å². The fourth-order valence-corrected chi connectivity index (χ4v) is 10.0. The Bertz CT molecular complexity index is 1890. The van der Waals surface area contributed by atoms with E-state index in [9.17, 15) is 0 Å². The van der Waals surface area contributed by atoms with E-state index in [1.807, 2.05) is 0 Å². The summed E-state index contributed by atoms with van der Waals surface area (Å²) in [5, 5.41) is 17.5. The first-order valence-corrected chi connectivity index (χ1v) is 22.4. The largest absolute Gasteiger partial charge is 0.243 e. The standard InChI is InChI=1S/C48H66N4O2/c1-3-5-7-9-11-13-15-17-19-21-23-25-31-48(32-26-24-22-20-18-16-14-12-10-8-6-4-2)40-28-30-43-47(52-54-50-43)45(40)39-34-37-33-36-27-29-42-46(51-53-49-42)44(36)38(37)35-41(39)48/h27-30,34-35H,3-26,31-33H2,1-2H3. The molecule has 5 aromatic rings. The van der Waals surface area contributed by atoms with Gasteiger partial charge in [-0.3, -0.25) is 0 Å². The van der Waals surface area contributed by atoms with Gasteiger partial charge >= 0.3 is 0 Å².